The zero-order valence-electron chi connectivity index (χ0n) is 19.4. The smallest absolute Gasteiger partial charge is 0.199 e. The van der Waals surface area contributed by atoms with E-state index in [1.807, 2.05) is 29.2 Å². The highest BCUT2D eigenvalue weighted by Crippen LogP contribution is 2.44. The van der Waals surface area contributed by atoms with Crippen molar-refractivity contribution in [3.8, 4) is 5.75 Å². The number of hydrogen-bond acceptors (Lipinski definition) is 6. The predicted molar refractivity (Wildman–Crippen MR) is 127 cm³/mol. The van der Waals surface area contributed by atoms with E-state index >= 15 is 4.39 Å². The van der Waals surface area contributed by atoms with Crippen LogP contribution in [0.5, 0.6) is 5.75 Å². The van der Waals surface area contributed by atoms with E-state index in [2.05, 4.69) is 29.4 Å². The van der Waals surface area contributed by atoms with Crippen molar-refractivity contribution in [3.63, 3.8) is 0 Å². The topological polar surface area (TPSA) is 77.3 Å². The summed E-state index contributed by atoms with van der Waals surface area (Å²) in [5, 5.41) is 7.43. The largest absolute Gasteiger partial charge is 0.493 e. The quantitative estimate of drug-likeness (QED) is 0.510. The van der Waals surface area contributed by atoms with E-state index in [4.69, 9.17) is 4.74 Å². The van der Waals surface area contributed by atoms with Crippen LogP contribution in [0.25, 0.3) is 0 Å². The molecule has 1 saturated heterocycles. The van der Waals surface area contributed by atoms with Gasteiger partial charge in [-0.2, -0.15) is 0 Å². The molecule has 0 saturated carbocycles. The maximum absolute atomic E-state index is 15.1. The minimum absolute atomic E-state index is 0.0140. The molecular weight excluding hydrogens is 455 g/mol. The van der Waals surface area contributed by atoms with Crippen LogP contribution in [0.2, 0.25) is 0 Å². The van der Waals surface area contributed by atoms with E-state index in [1.165, 1.54) is 22.5 Å². The van der Waals surface area contributed by atoms with Crippen LogP contribution in [0.15, 0.2) is 53.7 Å². The Bertz CT molecular complexity index is 1270. The number of sulfone groups is 1. The van der Waals surface area contributed by atoms with E-state index in [0.717, 1.165) is 18.4 Å². The summed E-state index contributed by atoms with van der Waals surface area (Å²) in [6.07, 6.45) is 3.27. The van der Waals surface area contributed by atoms with Crippen molar-refractivity contribution in [2.75, 3.05) is 30.3 Å². The van der Waals surface area contributed by atoms with Crippen molar-refractivity contribution < 1.29 is 17.5 Å². The molecule has 5 rings (SSSR count). The lowest BCUT2D eigenvalue weighted by Crippen LogP contribution is -2.50. The van der Waals surface area contributed by atoms with E-state index in [9.17, 15) is 8.42 Å². The number of hydrogen-bond donors (Lipinski definition) is 0. The average Bonchev–Trinajstić information content (AvgIpc) is 3.24. The first kappa shape index (κ1) is 22.8. The first-order valence-electron chi connectivity index (χ1n) is 11.7. The number of rotatable bonds is 7. The maximum atomic E-state index is 15.1. The molecule has 1 fully saturated rings. The predicted octanol–water partition coefficient (Wildman–Crippen LogP) is 3.61. The van der Waals surface area contributed by atoms with Gasteiger partial charge in [-0.25, -0.2) is 12.8 Å². The lowest BCUT2D eigenvalue weighted by Gasteiger charge is -2.42. The number of ether oxygens (including phenoxy) is 1. The highest BCUT2D eigenvalue weighted by molar-refractivity contribution is 7.91. The number of halogens is 1. The van der Waals surface area contributed by atoms with Crippen molar-refractivity contribution in [1.82, 2.24) is 15.0 Å². The van der Waals surface area contributed by atoms with E-state index in [-0.39, 0.29) is 28.4 Å². The Kier molecular flexibility index (Phi) is 6.06. The normalized spacial score (nSPS) is 20.5. The lowest BCUT2D eigenvalue weighted by molar-refractivity contribution is 0.187. The molecule has 9 heteroatoms. The Labute approximate surface area is 199 Å². The van der Waals surface area contributed by atoms with Crippen molar-refractivity contribution in [2.45, 2.75) is 30.7 Å². The van der Waals surface area contributed by atoms with Gasteiger partial charge in [-0.1, -0.05) is 42.5 Å². The summed E-state index contributed by atoms with van der Waals surface area (Å²) in [5.74, 6) is 0.780. The number of nitrogens with zero attached hydrogens (tertiary/aromatic N) is 4. The van der Waals surface area contributed by atoms with Gasteiger partial charge < -0.3 is 9.64 Å². The zero-order chi connectivity index (χ0) is 23.9. The van der Waals surface area contributed by atoms with Gasteiger partial charge in [0.25, 0.3) is 0 Å². The Hall–Kier alpha value is -2.94. The number of anilines is 1. The molecule has 0 N–H and O–H groups in total. The van der Waals surface area contributed by atoms with Gasteiger partial charge in [-0.15, -0.1) is 5.10 Å². The highest BCUT2D eigenvalue weighted by atomic mass is 32.2. The zero-order valence-corrected chi connectivity index (χ0v) is 20.2. The van der Waals surface area contributed by atoms with Crippen molar-refractivity contribution >= 4 is 15.5 Å². The van der Waals surface area contributed by atoms with Gasteiger partial charge in [0.05, 0.1) is 24.2 Å². The standard InChI is InChI=1S/C25H29FN4O3S/c1-3-19-15-33-24-11-22(26)23(10-21(24)20(19)9-17-7-5-4-6-8-17)30-12-18(13-30)16-34(31,32)25-14-29(2)28-27-25/h4-8,10-11,14,18-20H,3,9,12-13,15-16H2,1-2H3. The summed E-state index contributed by atoms with van der Waals surface area (Å²) >= 11 is 0. The van der Waals surface area contributed by atoms with Gasteiger partial charge in [-0.3, -0.25) is 4.68 Å². The summed E-state index contributed by atoms with van der Waals surface area (Å²) < 4.78 is 47.6. The molecule has 2 atom stereocenters. The molecule has 2 aliphatic rings. The van der Waals surface area contributed by atoms with Crippen LogP contribution < -0.4 is 9.64 Å². The number of aryl methyl sites for hydroxylation is 1. The molecule has 1 aromatic heterocycles. The number of benzene rings is 2. The fourth-order valence-electron chi connectivity index (χ4n) is 5.07. The first-order valence-corrected chi connectivity index (χ1v) is 13.3. The van der Waals surface area contributed by atoms with Crippen molar-refractivity contribution in [3.05, 3.63) is 65.6 Å². The first-order chi connectivity index (χ1) is 16.3. The van der Waals surface area contributed by atoms with Gasteiger partial charge in [0.2, 0.25) is 0 Å². The van der Waals surface area contributed by atoms with Crippen molar-refractivity contribution in [2.24, 2.45) is 18.9 Å². The SMILES string of the molecule is CCC1COc2cc(F)c(N3CC(CS(=O)(=O)c4cn(C)nn4)C3)cc2C1Cc1ccccc1. The second kappa shape index (κ2) is 9.02. The van der Waals surface area contributed by atoms with Gasteiger partial charge in [0.15, 0.2) is 14.9 Å². The van der Waals surface area contributed by atoms with Crippen LogP contribution in [-0.2, 0) is 23.3 Å². The maximum Gasteiger partial charge on any atom is 0.199 e. The second-order valence-corrected chi connectivity index (χ2v) is 11.4. The molecule has 0 spiro atoms. The molecule has 0 radical (unpaired) electrons. The average molecular weight is 485 g/mol. The molecule has 0 amide bonds. The summed E-state index contributed by atoms with van der Waals surface area (Å²) in [4.78, 5) is 1.92. The molecule has 2 unspecified atom stereocenters. The Morgan fingerprint density at radius 3 is 2.62 bits per heavy atom. The Morgan fingerprint density at radius 1 is 1.18 bits per heavy atom. The van der Waals surface area contributed by atoms with Crippen LogP contribution in [-0.4, -0.2) is 48.9 Å². The van der Waals surface area contributed by atoms with Gasteiger partial charge in [0, 0.05) is 43.6 Å². The van der Waals surface area contributed by atoms with Gasteiger partial charge in [-0.05, 0) is 30.4 Å². The van der Waals surface area contributed by atoms with Crippen LogP contribution in [0.4, 0.5) is 10.1 Å². The summed E-state index contributed by atoms with van der Waals surface area (Å²) in [7, 11) is -1.89. The molecule has 0 aliphatic carbocycles. The Balaban J connectivity index is 1.34. The molecule has 0 bridgehead atoms. The molecule has 180 valence electrons. The molecule has 3 heterocycles. The van der Waals surface area contributed by atoms with E-state index in [1.54, 1.807) is 7.05 Å². The van der Waals surface area contributed by atoms with Gasteiger partial charge >= 0.3 is 0 Å². The third-order valence-corrected chi connectivity index (χ3v) is 8.71. The molecule has 2 aromatic carbocycles. The minimum atomic E-state index is -3.52. The second-order valence-electron chi connectivity index (χ2n) is 9.40. The van der Waals surface area contributed by atoms with Crippen LogP contribution >= 0.6 is 0 Å². The third-order valence-electron chi connectivity index (χ3n) is 6.98. The fourth-order valence-corrected chi connectivity index (χ4v) is 6.54. The minimum Gasteiger partial charge on any atom is -0.493 e. The third kappa shape index (κ3) is 4.41. The van der Waals surface area contributed by atoms with Crippen LogP contribution in [0.1, 0.15) is 30.4 Å². The molecule has 7 nitrogen and oxygen atoms in total. The summed E-state index contributed by atoms with van der Waals surface area (Å²) in [6.45, 7) is 3.72. The van der Waals surface area contributed by atoms with E-state index < -0.39 is 9.84 Å². The van der Waals surface area contributed by atoms with Gasteiger partial charge in [0.1, 0.15) is 11.6 Å². The molecular formula is C25H29FN4O3S. The summed E-state index contributed by atoms with van der Waals surface area (Å²) in [6, 6.07) is 13.8. The summed E-state index contributed by atoms with van der Waals surface area (Å²) in [5.41, 5.74) is 2.81. The molecule has 3 aromatic rings. The lowest BCUT2D eigenvalue weighted by atomic mass is 9.78. The number of aromatic nitrogens is 3. The van der Waals surface area contributed by atoms with Crippen molar-refractivity contribution in [1.29, 1.82) is 0 Å². The Morgan fingerprint density at radius 2 is 1.94 bits per heavy atom. The highest BCUT2D eigenvalue weighted by Gasteiger charge is 2.36. The van der Waals surface area contributed by atoms with Crippen LogP contribution in [0.3, 0.4) is 0 Å². The fraction of sp³-hybridized carbons (Fsp3) is 0.440. The monoisotopic (exact) mass is 484 g/mol. The number of fused-ring (bicyclic) bond motifs is 1. The molecule has 34 heavy (non-hydrogen) atoms. The molecule has 2 aliphatic heterocycles. The van der Waals surface area contributed by atoms with Crippen LogP contribution in [0, 0.1) is 17.7 Å². The van der Waals surface area contributed by atoms with E-state index in [0.29, 0.717) is 37.1 Å².